The quantitative estimate of drug-likeness (QED) is 0.613. The van der Waals surface area contributed by atoms with Gasteiger partial charge < -0.3 is 19.3 Å². The van der Waals surface area contributed by atoms with Gasteiger partial charge in [-0.3, -0.25) is 4.79 Å². The van der Waals surface area contributed by atoms with Crippen molar-refractivity contribution in [2.75, 3.05) is 45.3 Å². The molecule has 2 aromatic carbocycles. The first kappa shape index (κ1) is 20.7. The molecule has 2 heterocycles. The molecule has 0 spiro atoms. The zero-order valence-electron chi connectivity index (χ0n) is 17.8. The van der Waals surface area contributed by atoms with Crippen LogP contribution in [0.2, 0.25) is 0 Å². The van der Waals surface area contributed by atoms with Crippen molar-refractivity contribution in [1.29, 1.82) is 0 Å². The summed E-state index contributed by atoms with van der Waals surface area (Å²) in [6, 6.07) is 17.7. The molecular formula is C24H26N4O3. The highest BCUT2D eigenvalue weighted by molar-refractivity contribution is 5.79. The Morgan fingerprint density at radius 3 is 2.35 bits per heavy atom. The number of piperazine rings is 1. The van der Waals surface area contributed by atoms with E-state index in [1.54, 1.807) is 20.5 Å². The summed E-state index contributed by atoms with van der Waals surface area (Å²) >= 11 is 0. The van der Waals surface area contributed by atoms with Gasteiger partial charge in [0.25, 0.3) is 0 Å². The minimum absolute atomic E-state index is 0.111. The topological polar surface area (TPSA) is 67.8 Å². The van der Waals surface area contributed by atoms with Crippen molar-refractivity contribution in [3.05, 3.63) is 66.5 Å². The predicted molar refractivity (Wildman–Crippen MR) is 120 cm³/mol. The second-order valence-corrected chi connectivity index (χ2v) is 7.36. The van der Waals surface area contributed by atoms with Gasteiger partial charge in [-0.05, 0) is 17.7 Å². The van der Waals surface area contributed by atoms with Crippen molar-refractivity contribution < 1.29 is 14.3 Å². The lowest BCUT2D eigenvalue weighted by molar-refractivity contribution is -0.130. The Hall–Kier alpha value is -3.61. The van der Waals surface area contributed by atoms with E-state index < -0.39 is 0 Å². The molecule has 0 saturated carbocycles. The SMILES string of the molecule is COc1ccc(CC(=O)N2CCN(c3cc(-c4ccccc4)ncn3)CC2)cc1OC. The number of carbonyl (C=O) groups excluding carboxylic acids is 1. The minimum atomic E-state index is 0.111. The highest BCUT2D eigenvalue weighted by atomic mass is 16.5. The third-order valence-corrected chi connectivity index (χ3v) is 5.48. The van der Waals surface area contributed by atoms with Crippen LogP contribution in [0.3, 0.4) is 0 Å². The number of hydrogen-bond donors (Lipinski definition) is 0. The van der Waals surface area contributed by atoms with Crippen molar-refractivity contribution in [3.8, 4) is 22.8 Å². The molecule has 0 radical (unpaired) electrons. The lowest BCUT2D eigenvalue weighted by atomic mass is 10.1. The van der Waals surface area contributed by atoms with E-state index >= 15 is 0 Å². The number of rotatable bonds is 6. The van der Waals surface area contributed by atoms with E-state index in [0.717, 1.165) is 35.7 Å². The number of nitrogens with zero attached hydrogens (tertiary/aromatic N) is 4. The Bertz CT molecular complexity index is 1030. The molecule has 0 unspecified atom stereocenters. The maximum atomic E-state index is 12.8. The minimum Gasteiger partial charge on any atom is -0.493 e. The van der Waals surface area contributed by atoms with Crippen molar-refractivity contribution >= 4 is 11.7 Å². The number of carbonyl (C=O) groups is 1. The first-order chi connectivity index (χ1) is 15.2. The number of aromatic nitrogens is 2. The Balaban J connectivity index is 1.37. The maximum absolute atomic E-state index is 12.8. The fraction of sp³-hybridized carbons (Fsp3) is 0.292. The highest BCUT2D eigenvalue weighted by Crippen LogP contribution is 2.28. The first-order valence-electron chi connectivity index (χ1n) is 10.3. The number of methoxy groups -OCH3 is 2. The van der Waals surface area contributed by atoms with E-state index in [2.05, 4.69) is 14.9 Å². The van der Waals surface area contributed by atoms with Crippen molar-refractivity contribution in [2.45, 2.75) is 6.42 Å². The second kappa shape index (κ2) is 9.47. The molecule has 0 N–H and O–H groups in total. The van der Waals surface area contributed by atoms with Crippen LogP contribution in [0.5, 0.6) is 11.5 Å². The highest BCUT2D eigenvalue weighted by Gasteiger charge is 2.22. The number of benzene rings is 2. The number of amides is 1. The van der Waals surface area contributed by atoms with Crippen molar-refractivity contribution in [3.63, 3.8) is 0 Å². The van der Waals surface area contributed by atoms with Gasteiger partial charge in [0.1, 0.15) is 12.1 Å². The van der Waals surface area contributed by atoms with Crippen LogP contribution in [0.15, 0.2) is 60.9 Å². The van der Waals surface area contributed by atoms with Gasteiger partial charge in [-0.25, -0.2) is 9.97 Å². The zero-order chi connectivity index (χ0) is 21.6. The number of anilines is 1. The molecule has 0 bridgehead atoms. The Morgan fingerprint density at radius 1 is 0.903 bits per heavy atom. The van der Waals surface area contributed by atoms with E-state index in [-0.39, 0.29) is 5.91 Å². The third kappa shape index (κ3) is 4.77. The van der Waals surface area contributed by atoms with Gasteiger partial charge in [0.05, 0.1) is 26.3 Å². The lowest BCUT2D eigenvalue weighted by Gasteiger charge is -2.35. The van der Waals surface area contributed by atoms with Gasteiger partial charge in [-0.2, -0.15) is 0 Å². The molecule has 1 saturated heterocycles. The summed E-state index contributed by atoms with van der Waals surface area (Å²) in [7, 11) is 3.20. The second-order valence-electron chi connectivity index (χ2n) is 7.36. The molecule has 3 aromatic rings. The molecular weight excluding hydrogens is 392 g/mol. The average molecular weight is 418 g/mol. The molecule has 1 aromatic heterocycles. The van der Waals surface area contributed by atoms with Crippen molar-refractivity contribution in [1.82, 2.24) is 14.9 Å². The summed E-state index contributed by atoms with van der Waals surface area (Å²) in [5.41, 5.74) is 2.88. The van der Waals surface area contributed by atoms with E-state index in [9.17, 15) is 4.79 Å². The molecule has 7 nitrogen and oxygen atoms in total. The normalized spacial score (nSPS) is 13.7. The molecule has 4 rings (SSSR count). The van der Waals surface area contributed by atoms with Gasteiger partial charge in [0, 0.05) is 37.8 Å². The van der Waals surface area contributed by atoms with Crippen LogP contribution >= 0.6 is 0 Å². The molecule has 1 aliphatic heterocycles. The molecule has 7 heteroatoms. The average Bonchev–Trinajstić information content (AvgIpc) is 2.84. The fourth-order valence-electron chi connectivity index (χ4n) is 3.75. The molecule has 1 amide bonds. The van der Waals surface area contributed by atoms with Gasteiger partial charge >= 0.3 is 0 Å². The Kier molecular flexibility index (Phi) is 6.31. The van der Waals surface area contributed by atoms with Crippen LogP contribution in [-0.2, 0) is 11.2 Å². The van der Waals surface area contributed by atoms with Crippen LogP contribution in [-0.4, -0.2) is 61.2 Å². The van der Waals surface area contributed by atoms with Crippen LogP contribution in [0, 0.1) is 0 Å². The first-order valence-corrected chi connectivity index (χ1v) is 10.3. The third-order valence-electron chi connectivity index (χ3n) is 5.48. The summed E-state index contributed by atoms with van der Waals surface area (Å²) in [6.07, 6.45) is 1.94. The number of hydrogen-bond acceptors (Lipinski definition) is 6. The molecule has 0 atom stereocenters. The van der Waals surface area contributed by atoms with Gasteiger partial charge in [0.2, 0.25) is 5.91 Å². The Morgan fingerprint density at radius 2 is 1.65 bits per heavy atom. The lowest BCUT2D eigenvalue weighted by Crippen LogP contribution is -2.49. The smallest absolute Gasteiger partial charge is 0.227 e. The zero-order valence-corrected chi connectivity index (χ0v) is 17.8. The van der Waals surface area contributed by atoms with Crippen LogP contribution in [0.1, 0.15) is 5.56 Å². The van der Waals surface area contributed by atoms with Crippen molar-refractivity contribution in [2.24, 2.45) is 0 Å². The maximum Gasteiger partial charge on any atom is 0.227 e. The van der Waals surface area contributed by atoms with E-state index in [4.69, 9.17) is 9.47 Å². The molecule has 160 valence electrons. The summed E-state index contributed by atoms with van der Waals surface area (Å²) in [4.78, 5) is 25.8. The fourth-order valence-corrected chi connectivity index (χ4v) is 3.75. The molecule has 1 aliphatic rings. The Labute approximate surface area is 182 Å². The van der Waals surface area contributed by atoms with Gasteiger partial charge in [0.15, 0.2) is 11.5 Å². The summed E-state index contributed by atoms with van der Waals surface area (Å²) in [5, 5.41) is 0. The van der Waals surface area contributed by atoms with Crippen LogP contribution in [0.4, 0.5) is 5.82 Å². The summed E-state index contributed by atoms with van der Waals surface area (Å²) in [6.45, 7) is 2.80. The summed E-state index contributed by atoms with van der Waals surface area (Å²) < 4.78 is 10.6. The largest absolute Gasteiger partial charge is 0.493 e. The molecule has 1 fully saturated rings. The number of ether oxygens (including phenoxy) is 2. The predicted octanol–water partition coefficient (Wildman–Crippen LogP) is 3.05. The summed E-state index contributed by atoms with van der Waals surface area (Å²) in [5.74, 6) is 2.29. The van der Waals surface area contributed by atoms with Crippen LogP contribution in [0.25, 0.3) is 11.3 Å². The van der Waals surface area contributed by atoms with E-state index in [1.165, 1.54) is 0 Å². The molecule has 31 heavy (non-hydrogen) atoms. The monoisotopic (exact) mass is 418 g/mol. The van der Waals surface area contributed by atoms with Gasteiger partial charge in [-0.15, -0.1) is 0 Å². The molecule has 0 aliphatic carbocycles. The van der Waals surface area contributed by atoms with Crippen LogP contribution < -0.4 is 14.4 Å². The van der Waals surface area contributed by atoms with E-state index in [1.807, 2.05) is 59.5 Å². The van der Waals surface area contributed by atoms with E-state index in [0.29, 0.717) is 31.0 Å². The van der Waals surface area contributed by atoms with Gasteiger partial charge in [-0.1, -0.05) is 36.4 Å². The standard InChI is InChI=1S/C24H26N4O3/c1-30-21-9-8-18(14-22(21)31-2)15-24(29)28-12-10-27(11-13-28)23-16-20(25-17-26-23)19-6-4-3-5-7-19/h3-9,14,16-17H,10-13,15H2,1-2H3.